The van der Waals surface area contributed by atoms with Crippen LogP contribution in [-0.2, 0) is 14.3 Å². The van der Waals surface area contributed by atoms with E-state index in [2.05, 4.69) is 5.32 Å². The van der Waals surface area contributed by atoms with E-state index >= 15 is 0 Å². The van der Waals surface area contributed by atoms with E-state index in [1.54, 1.807) is 18.9 Å². The number of ether oxygens (including phenoxy) is 1. The number of hydrogen-bond acceptors (Lipinski definition) is 4. The highest BCUT2D eigenvalue weighted by atomic mass is 16.5. The van der Waals surface area contributed by atoms with E-state index in [1.807, 2.05) is 39.0 Å². The lowest BCUT2D eigenvalue weighted by Crippen LogP contribution is -2.43. The Kier molecular flexibility index (Phi) is 7.75. The quantitative estimate of drug-likeness (QED) is 0.748. The van der Waals surface area contributed by atoms with Crippen molar-refractivity contribution in [3.05, 3.63) is 29.3 Å². The van der Waals surface area contributed by atoms with Gasteiger partial charge >= 0.3 is 5.97 Å². The van der Waals surface area contributed by atoms with Crippen LogP contribution in [0.1, 0.15) is 37.8 Å². The molecule has 0 aromatic heterocycles. The van der Waals surface area contributed by atoms with Crippen molar-refractivity contribution in [1.29, 1.82) is 0 Å². The number of nitrogens with one attached hydrogen (secondary N) is 1. The maximum Gasteiger partial charge on any atom is 0.323 e. The molecule has 0 aliphatic rings. The molecule has 0 saturated heterocycles. The van der Waals surface area contributed by atoms with Gasteiger partial charge in [0.1, 0.15) is 6.04 Å². The van der Waals surface area contributed by atoms with E-state index in [0.717, 1.165) is 23.2 Å². The van der Waals surface area contributed by atoms with Gasteiger partial charge in [0.15, 0.2) is 0 Å². The molecule has 1 rings (SSSR count). The first-order chi connectivity index (χ1) is 10.9. The Hall–Kier alpha value is -1.88. The van der Waals surface area contributed by atoms with Crippen molar-refractivity contribution in [3.8, 4) is 0 Å². The van der Waals surface area contributed by atoms with E-state index in [1.165, 1.54) is 0 Å². The predicted molar refractivity (Wildman–Crippen MR) is 92.5 cm³/mol. The topological polar surface area (TPSA) is 58.6 Å². The number of benzene rings is 1. The van der Waals surface area contributed by atoms with E-state index in [-0.39, 0.29) is 24.5 Å². The summed E-state index contributed by atoms with van der Waals surface area (Å²) in [6, 6.07) is 5.50. The van der Waals surface area contributed by atoms with Gasteiger partial charge in [-0.2, -0.15) is 0 Å². The molecule has 0 aliphatic carbocycles. The fourth-order valence-electron chi connectivity index (χ4n) is 2.56. The summed E-state index contributed by atoms with van der Waals surface area (Å²) in [5.74, 6) is -0.396. The average Bonchev–Trinajstić information content (AvgIpc) is 2.48. The molecule has 5 heteroatoms. The van der Waals surface area contributed by atoms with Gasteiger partial charge in [0.2, 0.25) is 5.91 Å². The first kappa shape index (κ1) is 19.2. The number of rotatable bonds is 8. The molecule has 0 saturated carbocycles. The van der Waals surface area contributed by atoms with Crippen molar-refractivity contribution in [1.82, 2.24) is 4.90 Å². The largest absolute Gasteiger partial charge is 0.465 e. The molecule has 1 aromatic carbocycles. The molecule has 5 nitrogen and oxygen atoms in total. The Labute approximate surface area is 139 Å². The van der Waals surface area contributed by atoms with Crippen molar-refractivity contribution in [3.63, 3.8) is 0 Å². The number of carbonyl (C=O) groups is 2. The Morgan fingerprint density at radius 2 is 1.83 bits per heavy atom. The van der Waals surface area contributed by atoms with Crippen LogP contribution in [0.5, 0.6) is 0 Å². The molecule has 0 spiro atoms. The van der Waals surface area contributed by atoms with Gasteiger partial charge in [-0.25, -0.2) is 0 Å². The Bertz CT molecular complexity index is 523. The van der Waals surface area contributed by atoms with Gasteiger partial charge in [-0.3, -0.25) is 14.5 Å². The highest BCUT2D eigenvalue weighted by Gasteiger charge is 2.25. The van der Waals surface area contributed by atoms with Gasteiger partial charge in [0.05, 0.1) is 13.2 Å². The van der Waals surface area contributed by atoms with Crippen LogP contribution in [0.2, 0.25) is 0 Å². The number of para-hydroxylation sites is 1. The van der Waals surface area contributed by atoms with Crippen LogP contribution in [0.3, 0.4) is 0 Å². The Balaban J connectivity index is 2.72. The van der Waals surface area contributed by atoms with Crippen LogP contribution < -0.4 is 5.32 Å². The summed E-state index contributed by atoms with van der Waals surface area (Å²) < 4.78 is 5.10. The molecule has 128 valence electrons. The van der Waals surface area contributed by atoms with Crippen LogP contribution in [0.25, 0.3) is 0 Å². The van der Waals surface area contributed by atoms with Gasteiger partial charge in [0.25, 0.3) is 0 Å². The Morgan fingerprint density at radius 3 is 2.35 bits per heavy atom. The first-order valence-electron chi connectivity index (χ1n) is 8.13. The fourth-order valence-corrected chi connectivity index (χ4v) is 2.56. The molecule has 1 N–H and O–H groups in total. The zero-order valence-electron chi connectivity index (χ0n) is 14.8. The van der Waals surface area contributed by atoms with Crippen molar-refractivity contribution < 1.29 is 14.3 Å². The lowest BCUT2D eigenvalue weighted by Gasteiger charge is -2.25. The average molecular weight is 320 g/mol. The van der Waals surface area contributed by atoms with E-state index in [0.29, 0.717) is 13.0 Å². The minimum atomic E-state index is -0.385. The molecular weight excluding hydrogens is 292 g/mol. The third-order valence-electron chi connectivity index (χ3n) is 3.79. The third-order valence-corrected chi connectivity index (χ3v) is 3.79. The van der Waals surface area contributed by atoms with Crippen molar-refractivity contribution in [2.24, 2.45) is 0 Å². The van der Waals surface area contributed by atoms with E-state index in [9.17, 15) is 9.59 Å². The van der Waals surface area contributed by atoms with Gasteiger partial charge in [0, 0.05) is 5.69 Å². The predicted octanol–water partition coefficient (Wildman–Crippen LogP) is 2.91. The number of nitrogens with zero attached hydrogens (tertiary/aromatic N) is 1. The number of anilines is 1. The smallest absolute Gasteiger partial charge is 0.323 e. The molecule has 1 unspecified atom stereocenters. The minimum Gasteiger partial charge on any atom is -0.465 e. The second-order valence-electron chi connectivity index (χ2n) is 5.79. The van der Waals surface area contributed by atoms with Crippen LogP contribution >= 0.6 is 0 Å². The summed E-state index contributed by atoms with van der Waals surface area (Å²) in [6.07, 6.45) is 1.53. The summed E-state index contributed by atoms with van der Waals surface area (Å²) in [5, 5.41) is 2.94. The summed E-state index contributed by atoms with van der Waals surface area (Å²) in [4.78, 5) is 26.1. The van der Waals surface area contributed by atoms with Gasteiger partial charge in [-0.15, -0.1) is 0 Å². The monoisotopic (exact) mass is 320 g/mol. The van der Waals surface area contributed by atoms with E-state index < -0.39 is 0 Å². The molecule has 0 radical (unpaired) electrons. The maximum absolute atomic E-state index is 12.3. The number of esters is 1. The van der Waals surface area contributed by atoms with Crippen LogP contribution in [0.15, 0.2) is 18.2 Å². The normalized spacial score (nSPS) is 12.1. The molecule has 0 aliphatic heterocycles. The summed E-state index contributed by atoms with van der Waals surface area (Å²) in [6.45, 7) is 8.22. The third kappa shape index (κ3) is 5.67. The molecule has 0 fully saturated rings. The highest BCUT2D eigenvalue weighted by molar-refractivity contribution is 5.94. The first-order valence-corrected chi connectivity index (χ1v) is 8.13. The van der Waals surface area contributed by atoms with Crippen molar-refractivity contribution in [2.45, 2.75) is 46.6 Å². The zero-order chi connectivity index (χ0) is 17.4. The highest BCUT2D eigenvalue weighted by Crippen LogP contribution is 2.19. The van der Waals surface area contributed by atoms with Crippen molar-refractivity contribution in [2.75, 3.05) is 25.5 Å². The molecule has 23 heavy (non-hydrogen) atoms. The van der Waals surface area contributed by atoms with Crippen LogP contribution in [0.4, 0.5) is 5.69 Å². The van der Waals surface area contributed by atoms with Gasteiger partial charge in [-0.05, 0) is 45.4 Å². The van der Waals surface area contributed by atoms with Gasteiger partial charge in [-0.1, -0.05) is 31.5 Å². The number of aryl methyl sites for hydroxylation is 2. The standard InChI is InChI=1S/C18H28N2O3/c1-6-9-15(18(22)23-7-2)20(5)12-16(21)19-17-13(3)10-8-11-14(17)4/h8,10-11,15H,6-7,9,12H2,1-5H3,(H,19,21). The van der Waals surface area contributed by atoms with Crippen molar-refractivity contribution >= 4 is 17.6 Å². The van der Waals surface area contributed by atoms with Crippen LogP contribution in [-0.4, -0.2) is 43.0 Å². The summed E-state index contributed by atoms with van der Waals surface area (Å²) in [5.41, 5.74) is 2.89. The zero-order valence-corrected chi connectivity index (χ0v) is 14.8. The fraction of sp³-hybridized carbons (Fsp3) is 0.556. The molecular formula is C18H28N2O3. The second kappa shape index (κ2) is 9.30. The number of hydrogen-bond donors (Lipinski definition) is 1. The summed E-state index contributed by atoms with van der Waals surface area (Å²) in [7, 11) is 1.78. The second-order valence-corrected chi connectivity index (χ2v) is 5.79. The Morgan fingerprint density at radius 1 is 1.22 bits per heavy atom. The number of amides is 1. The minimum absolute atomic E-state index is 0.129. The van der Waals surface area contributed by atoms with Gasteiger partial charge < -0.3 is 10.1 Å². The summed E-state index contributed by atoms with van der Waals surface area (Å²) >= 11 is 0. The molecule has 0 heterocycles. The molecule has 1 atom stereocenters. The number of carbonyl (C=O) groups excluding carboxylic acids is 2. The molecule has 1 aromatic rings. The maximum atomic E-state index is 12.3. The molecule has 1 amide bonds. The SMILES string of the molecule is CCCC(C(=O)OCC)N(C)CC(=O)Nc1c(C)cccc1C. The van der Waals surface area contributed by atoms with E-state index in [4.69, 9.17) is 4.74 Å². The lowest BCUT2D eigenvalue weighted by atomic mass is 10.1. The molecule has 0 bridgehead atoms. The van der Waals surface area contributed by atoms with Crippen LogP contribution in [0, 0.1) is 13.8 Å². The number of likely N-dealkylation sites (N-methyl/N-ethyl adjacent to an activating group) is 1. The lowest BCUT2D eigenvalue weighted by molar-refractivity contribution is -0.149.